The van der Waals surface area contributed by atoms with E-state index in [0.717, 1.165) is 23.6 Å². The molecular weight excluding hydrogens is 204 g/mol. The van der Waals surface area contributed by atoms with Gasteiger partial charge in [-0.25, -0.2) is 0 Å². The third-order valence-corrected chi connectivity index (χ3v) is 2.50. The van der Waals surface area contributed by atoms with Crippen molar-refractivity contribution >= 4 is 0 Å². The molecule has 16 heavy (non-hydrogen) atoms. The van der Waals surface area contributed by atoms with E-state index in [0.29, 0.717) is 6.54 Å². The second kappa shape index (κ2) is 4.99. The molecule has 0 bridgehead atoms. The Hall–Kier alpha value is -1.55. The van der Waals surface area contributed by atoms with Gasteiger partial charge in [0, 0.05) is 12.6 Å². The topological polar surface area (TPSA) is 51.2 Å². The molecule has 1 unspecified atom stereocenters. The molecule has 0 saturated carbocycles. The fourth-order valence-electron chi connectivity index (χ4n) is 1.66. The number of aryl methyl sites for hydroxylation is 1. The number of nitrogens with zero attached hydrogens (tertiary/aromatic N) is 1. The van der Waals surface area contributed by atoms with E-state index in [1.165, 1.54) is 0 Å². The van der Waals surface area contributed by atoms with E-state index in [1.54, 1.807) is 6.26 Å². The Morgan fingerprint density at radius 1 is 1.50 bits per heavy atom. The molecule has 2 rings (SSSR count). The van der Waals surface area contributed by atoms with E-state index >= 15 is 0 Å². The van der Waals surface area contributed by atoms with Crippen LogP contribution in [0.2, 0.25) is 0 Å². The third kappa shape index (κ3) is 2.52. The van der Waals surface area contributed by atoms with Crippen molar-refractivity contribution in [3.8, 4) is 0 Å². The van der Waals surface area contributed by atoms with Crippen LogP contribution in [0.15, 0.2) is 33.4 Å². The summed E-state index contributed by atoms with van der Waals surface area (Å²) in [5.41, 5.74) is 0.919. The maximum Gasteiger partial charge on any atom is 0.133 e. The number of hydrogen-bond acceptors (Lipinski definition) is 4. The minimum Gasteiger partial charge on any atom is -0.468 e. The summed E-state index contributed by atoms with van der Waals surface area (Å²) < 4.78 is 10.4. The molecule has 86 valence electrons. The number of hydrogen-bond donors (Lipinski definition) is 1. The first-order valence-corrected chi connectivity index (χ1v) is 5.48. The van der Waals surface area contributed by atoms with Gasteiger partial charge in [-0.05, 0) is 25.5 Å². The van der Waals surface area contributed by atoms with Crippen LogP contribution >= 0.6 is 0 Å². The summed E-state index contributed by atoms with van der Waals surface area (Å²) >= 11 is 0. The fourth-order valence-corrected chi connectivity index (χ4v) is 1.66. The molecule has 0 saturated heterocycles. The van der Waals surface area contributed by atoms with Gasteiger partial charge >= 0.3 is 0 Å². The van der Waals surface area contributed by atoms with Crippen LogP contribution in [0.3, 0.4) is 0 Å². The summed E-state index contributed by atoms with van der Waals surface area (Å²) in [4.78, 5) is 0. The monoisotopic (exact) mass is 220 g/mol. The van der Waals surface area contributed by atoms with Gasteiger partial charge in [0.15, 0.2) is 0 Å². The van der Waals surface area contributed by atoms with Crippen molar-refractivity contribution < 1.29 is 8.94 Å². The average Bonchev–Trinajstić information content (AvgIpc) is 2.91. The maximum absolute atomic E-state index is 5.37. The minimum absolute atomic E-state index is 0.229. The van der Waals surface area contributed by atoms with Crippen molar-refractivity contribution in [1.29, 1.82) is 0 Å². The van der Waals surface area contributed by atoms with E-state index < -0.39 is 0 Å². The van der Waals surface area contributed by atoms with E-state index in [1.807, 2.05) is 25.1 Å². The Morgan fingerprint density at radius 3 is 2.94 bits per heavy atom. The molecule has 0 amide bonds. The summed E-state index contributed by atoms with van der Waals surface area (Å²) in [7, 11) is 0. The van der Waals surface area contributed by atoms with Crippen LogP contribution in [0.4, 0.5) is 0 Å². The van der Waals surface area contributed by atoms with Gasteiger partial charge < -0.3 is 14.3 Å². The van der Waals surface area contributed by atoms with E-state index in [2.05, 4.69) is 17.4 Å². The molecule has 0 aromatic carbocycles. The Morgan fingerprint density at radius 2 is 2.38 bits per heavy atom. The molecule has 4 heteroatoms. The van der Waals surface area contributed by atoms with E-state index in [9.17, 15) is 0 Å². The van der Waals surface area contributed by atoms with Crippen LogP contribution in [0.25, 0.3) is 0 Å². The van der Waals surface area contributed by atoms with Crippen molar-refractivity contribution in [2.45, 2.75) is 32.9 Å². The molecule has 2 heterocycles. The highest BCUT2D eigenvalue weighted by molar-refractivity contribution is 5.06. The maximum atomic E-state index is 5.37. The molecule has 2 aromatic rings. The lowest BCUT2D eigenvalue weighted by molar-refractivity contribution is 0.374. The number of furan rings is 1. The quantitative estimate of drug-likeness (QED) is 0.841. The molecule has 1 atom stereocenters. The van der Waals surface area contributed by atoms with Crippen LogP contribution in [-0.2, 0) is 6.54 Å². The first kappa shape index (κ1) is 11.0. The van der Waals surface area contributed by atoms with Gasteiger partial charge in [-0.15, -0.1) is 0 Å². The summed E-state index contributed by atoms with van der Waals surface area (Å²) in [6.07, 6.45) is 2.67. The molecular formula is C12H16N2O2. The lowest BCUT2D eigenvalue weighted by Crippen LogP contribution is -2.19. The van der Waals surface area contributed by atoms with Gasteiger partial charge in [0.25, 0.3) is 0 Å². The number of rotatable bonds is 5. The molecule has 0 aliphatic heterocycles. The average molecular weight is 220 g/mol. The summed E-state index contributed by atoms with van der Waals surface area (Å²) in [6.45, 7) is 4.70. The normalized spacial score (nSPS) is 12.9. The Bertz CT molecular complexity index is 420. The zero-order valence-electron chi connectivity index (χ0n) is 9.56. The van der Waals surface area contributed by atoms with Crippen molar-refractivity contribution in [1.82, 2.24) is 10.5 Å². The van der Waals surface area contributed by atoms with Crippen LogP contribution in [0.1, 0.15) is 36.6 Å². The highest BCUT2D eigenvalue weighted by atomic mass is 16.5. The zero-order chi connectivity index (χ0) is 11.4. The predicted octanol–water partition coefficient (Wildman–Crippen LogP) is 2.82. The molecule has 1 N–H and O–H groups in total. The SMILES string of the molecule is CCC(NCc1cc(C)on1)c1ccco1. The smallest absolute Gasteiger partial charge is 0.133 e. The van der Waals surface area contributed by atoms with Crippen LogP contribution in [0.5, 0.6) is 0 Å². The van der Waals surface area contributed by atoms with Gasteiger partial charge in [-0.1, -0.05) is 12.1 Å². The molecule has 2 aromatic heterocycles. The van der Waals surface area contributed by atoms with Gasteiger partial charge in [0.2, 0.25) is 0 Å². The summed E-state index contributed by atoms with van der Waals surface area (Å²) in [6, 6.07) is 6.05. The molecule has 0 fully saturated rings. The van der Waals surface area contributed by atoms with Crippen molar-refractivity contribution in [2.24, 2.45) is 0 Å². The molecule has 0 spiro atoms. The number of aromatic nitrogens is 1. The first-order chi connectivity index (χ1) is 7.79. The highest BCUT2D eigenvalue weighted by Crippen LogP contribution is 2.17. The summed E-state index contributed by atoms with van der Waals surface area (Å²) in [5.74, 6) is 1.80. The first-order valence-electron chi connectivity index (χ1n) is 5.48. The van der Waals surface area contributed by atoms with Gasteiger partial charge in [0.05, 0.1) is 18.0 Å². The fraction of sp³-hybridized carbons (Fsp3) is 0.417. The molecule has 0 aliphatic rings. The molecule has 4 nitrogen and oxygen atoms in total. The lowest BCUT2D eigenvalue weighted by Gasteiger charge is -2.12. The minimum atomic E-state index is 0.229. The van der Waals surface area contributed by atoms with Crippen molar-refractivity contribution in [3.63, 3.8) is 0 Å². The van der Waals surface area contributed by atoms with E-state index in [4.69, 9.17) is 8.94 Å². The molecule has 0 radical (unpaired) electrons. The predicted molar refractivity (Wildman–Crippen MR) is 59.8 cm³/mol. The van der Waals surface area contributed by atoms with Crippen LogP contribution in [0, 0.1) is 6.92 Å². The second-order valence-electron chi connectivity index (χ2n) is 3.79. The Labute approximate surface area is 94.6 Å². The van der Waals surface area contributed by atoms with Crippen LogP contribution < -0.4 is 5.32 Å². The van der Waals surface area contributed by atoms with Crippen molar-refractivity contribution in [2.75, 3.05) is 0 Å². The Kier molecular flexibility index (Phi) is 3.41. The van der Waals surface area contributed by atoms with Gasteiger partial charge in [-0.2, -0.15) is 0 Å². The highest BCUT2D eigenvalue weighted by Gasteiger charge is 2.12. The van der Waals surface area contributed by atoms with Crippen LogP contribution in [-0.4, -0.2) is 5.16 Å². The third-order valence-electron chi connectivity index (χ3n) is 2.50. The Balaban J connectivity index is 1.93. The van der Waals surface area contributed by atoms with E-state index in [-0.39, 0.29) is 6.04 Å². The molecule has 0 aliphatic carbocycles. The number of nitrogens with one attached hydrogen (secondary N) is 1. The van der Waals surface area contributed by atoms with Gasteiger partial charge in [0.1, 0.15) is 11.5 Å². The standard InChI is InChI=1S/C12H16N2O2/c1-3-11(12-5-4-6-15-12)13-8-10-7-9(2)16-14-10/h4-7,11,13H,3,8H2,1-2H3. The second-order valence-corrected chi connectivity index (χ2v) is 3.79. The van der Waals surface area contributed by atoms with Crippen molar-refractivity contribution in [3.05, 3.63) is 41.7 Å². The lowest BCUT2D eigenvalue weighted by atomic mass is 10.1. The summed E-state index contributed by atoms with van der Waals surface area (Å²) in [5, 5.41) is 7.32. The zero-order valence-corrected chi connectivity index (χ0v) is 9.56. The largest absolute Gasteiger partial charge is 0.468 e. The van der Waals surface area contributed by atoms with Gasteiger partial charge in [-0.3, -0.25) is 0 Å².